The van der Waals surface area contributed by atoms with Gasteiger partial charge in [-0.15, -0.1) is 5.10 Å². The third kappa shape index (κ3) is 5.11. The average Bonchev–Trinajstić information content (AvgIpc) is 3.30. The fourth-order valence-electron chi connectivity index (χ4n) is 7.69. The molecule has 2 aromatic heterocycles. The third-order valence-corrected chi connectivity index (χ3v) is 9.61. The maximum atomic E-state index is 14.0. The summed E-state index contributed by atoms with van der Waals surface area (Å²) in [7, 11) is 0. The smallest absolute Gasteiger partial charge is 0.259 e. The van der Waals surface area contributed by atoms with Gasteiger partial charge in [0, 0.05) is 43.7 Å². The number of piperidine rings is 2. The molecule has 1 aliphatic carbocycles. The van der Waals surface area contributed by atoms with E-state index < -0.39 is 5.82 Å². The molecule has 0 aromatic carbocycles. The first-order chi connectivity index (χ1) is 18.9. The van der Waals surface area contributed by atoms with E-state index in [9.17, 15) is 14.0 Å². The molecular formula is C28H41FN8O2. The van der Waals surface area contributed by atoms with Crippen LogP contribution in [0.5, 0.6) is 0 Å². The van der Waals surface area contributed by atoms with Crippen molar-refractivity contribution in [1.82, 2.24) is 35.0 Å². The third-order valence-electron chi connectivity index (χ3n) is 9.61. The summed E-state index contributed by atoms with van der Waals surface area (Å²) in [4.78, 5) is 35.3. The molecule has 11 heteroatoms. The van der Waals surface area contributed by atoms with E-state index >= 15 is 0 Å². The van der Waals surface area contributed by atoms with Gasteiger partial charge in [-0.1, -0.05) is 38.5 Å². The number of fused-ring (bicyclic) bond motifs is 2. The molecule has 1 saturated carbocycles. The number of carbonyl (C=O) groups is 2. The Morgan fingerprint density at radius 3 is 2.67 bits per heavy atom. The minimum absolute atomic E-state index is 0.0452. The maximum Gasteiger partial charge on any atom is 0.259 e. The van der Waals surface area contributed by atoms with E-state index in [1.54, 1.807) is 0 Å². The topological polar surface area (TPSA) is 121 Å². The Labute approximate surface area is 228 Å². The Balaban J connectivity index is 1.32. The van der Waals surface area contributed by atoms with Crippen molar-refractivity contribution in [2.75, 3.05) is 31.9 Å². The lowest BCUT2D eigenvalue weighted by Gasteiger charge is -2.55. The second-order valence-corrected chi connectivity index (χ2v) is 11.9. The summed E-state index contributed by atoms with van der Waals surface area (Å²) in [6, 6.07) is 0.248. The lowest BCUT2D eigenvalue weighted by atomic mass is 9.73. The number of nitrogens with zero attached hydrogens (tertiary/aromatic N) is 5. The van der Waals surface area contributed by atoms with Gasteiger partial charge in [0.05, 0.1) is 18.4 Å². The lowest BCUT2D eigenvalue weighted by Crippen LogP contribution is -2.73. The summed E-state index contributed by atoms with van der Waals surface area (Å²) in [5, 5.41) is 11.5. The number of piperazine rings is 1. The monoisotopic (exact) mass is 540 g/mol. The zero-order chi connectivity index (χ0) is 27.0. The summed E-state index contributed by atoms with van der Waals surface area (Å²) in [5.41, 5.74) is 6.42. The molecule has 2 aromatic rings. The predicted octanol–water partition coefficient (Wildman–Crippen LogP) is 2.48. The maximum absolute atomic E-state index is 14.0. The highest BCUT2D eigenvalue weighted by Crippen LogP contribution is 2.36. The van der Waals surface area contributed by atoms with E-state index in [2.05, 4.69) is 30.5 Å². The molecule has 3 saturated heterocycles. The van der Waals surface area contributed by atoms with Crippen molar-refractivity contribution in [2.24, 2.45) is 0 Å². The Kier molecular flexibility index (Phi) is 7.45. The molecule has 4 aliphatic rings. The fraction of sp³-hybridized carbons (Fsp3) is 0.714. The van der Waals surface area contributed by atoms with Crippen LogP contribution in [0.4, 0.5) is 10.2 Å². The Hall–Kier alpha value is -2.79. The van der Waals surface area contributed by atoms with Crippen LogP contribution in [-0.4, -0.2) is 86.1 Å². The minimum atomic E-state index is -0.543. The zero-order valence-electron chi connectivity index (χ0n) is 22.7. The molecule has 3 aliphatic heterocycles. The largest absolute Gasteiger partial charge is 0.381 e. The SMILES string of the molecule is Nc1nn2cc(F)cnc2c1C(=O)NC1C(N2CCN3C(=O)CCCC3C2)CCNC12CCCCCCCC2. The van der Waals surface area contributed by atoms with Gasteiger partial charge in [-0.25, -0.2) is 13.9 Å². The molecule has 3 atom stereocenters. The number of anilines is 1. The number of nitrogens with two attached hydrogens (primary N) is 1. The number of carbonyl (C=O) groups excluding carboxylic acids is 2. The van der Waals surface area contributed by atoms with Crippen molar-refractivity contribution in [3.05, 3.63) is 23.8 Å². The van der Waals surface area contributed by atoms with Crippen LogP contribution >= 0.6 is 0 Å². The molecule has 6 rings (SSSR count). The van der Waals surface area contributed by atoms with Gasteiger partial charge in [-0.2, -0.15) is 0 Å². The quantitative estimate of drug-likeness (QED) is 0.547. The van der Waals surface area contributed by atoms with Gasteiger partial charge in [0.2, 0.25) is 5.91 Å². The van der Waals surface area contributed by atoms with Crippen molar-refractivity contribution in [2.45, 2.75) is 101 Å². The predicted molar refractivity (Wildman–Crippen MR) is 146 cm³/mol. The van der Waals surface area contributed by atoms with Gasteiger partial charge in [0.1, 0.15) is 5.56 Å². The number of hydrogen-bond donors (Lipinski definition) is 3. The molecule has 3 unspecified atom stereocenters. The average molecular weight is 541 g/mol. The Morgan fingerprint density at radius 1 is 1.10 bits per heavy atom. The molecule has 5 heterocycles. The molecule has 0 bridgehead atoms. The van der Waals surface area contributed by atoms with Gasteiger partial charge < -0.3 is 21.3 Å². The highest BCUT2D eigenvalue weighted by molar-refractivity contribution is 6.04. The van der Waals surface area contributed by atoms with Gasteiger partial charge in [0.25, 0.3) is 5.91 Å². The number of amides is 2. The summed E-state index contributed by atoms with van der Waals surface area (Å²) in [6.07, 6.45) is 15.0. The van der Waals surface area contributed by atoms with Crippen LogP contribution in [0.25, 0.3) is 5.65 Å². The van der Waals surface area contributed by atoms with E-state index in [0.717, 1.165) is 77.3 Å². The first-order valence-electron chi connectivity index (χ1n) is 14.8. The molecule has 1 spiro atoms. The normalized spacial score (nSPS) is 28.5. The van der Waals surface area contributed by atoms with Crippen LogP contribution in [-0.2, 0) is 4.79 Å². The van der Waals surface area contributed by atoms with Crippen LogP contribution in [0.15, 0.2) is 12.4 Å². The number of aromatic nitrogens is 3. The summed E-state index contributed by atoms with van der Waals surface area (Å²) in [6.45, 7) is 3.31. The van der Waals surface area contributed by atoms with E-state index in [4.69, 9.17) is 5.73 Å². The minimum Gasteiger partial charge on any atom is -0.381 e. The molecule has 10 nitrogen and oxygen atoms in total. The van der Waals surface area contributed by atoms with Crippen molar-refractivity contribution >= 4 is 23.3 Å². The van der Waals surface area contributed by atoms with Crippen molar-refractivity contribution in [3.8, 4) is 0 Å². The molecule has 4 fully saturated rings. The van der Waals surface area contributed by atoms with Crippen LogP contribution in [0.3, 0.4) is 0 Å². The van der Waals surface area contributed by atoms with E-state index in [1.165, 1.54) is 36.4 Å². The van der Waals surface area contributed by atoms with E-state index in [1.807, 2.05) is 0 Å². The highest BCUT2D eigenvalue weighted by Gasteiger charge is 2.49. The van der Waals surface area contributed by atoms with Crippen LogP contribution in [0.2, 0.25) is 0 Å². The van der Waals surface area contributed by atoms with Gasteiger partial charge >= 0.3 is 0 Å². The van der Waals surface area contributed by atoms with Gasteiger partial charge in [-0.05, 0) is 38.6 Å². The van der Waals surface area contributed by atoms with E-state index in [-0.39, 0.29) is 52.5 Å². The summed E-state index contributed by atoms with van der Waals surface area (Å²) < 4.78 is 15.0. The van der Waals surface area contributed by atoms with Crippen LogP contribution in [0.1, 0.15) is 87.4 Å². The molecule has 39 heavy (non-hydrogen) atoms. The zero-order valence-corrected chi connectivity index (χ0v) is 22.7. The first kappa shape index (κ1) is 26.4. The van der Waals surface area contributed by atoms with Gasteiger partial charge in [-0.3, -0.25) is 14.5 Å². The molecular weight excluding hydrogens is 499 g/mol. The fourth-order valence-corrected chi connectivity index (χ4v) is 7.69. The number of halogens is 1. The van der Waals surface area contributed by atoms with Crippen LogP contribution in [0, 0.1) is 5.82 Å². The van der Waals surface area contributed by atoms with Gasteiger partial charge in [0.15, 0.2) is 17.3 Å². The number of nitrogen functional groups attached to an aromatic ring is 1. The molecule has 4 N–H and O–H groups in total. The highest BCUT2D eigenvalue weighted by atomic mass is 19.1. The first-order valence-corrected chi connectivity index (χ1v) is 14.8. The summed E-state index contributed by atoms with van der Waals surface area (Å²) >= 11 is 0. The number of rotatable bonds is 3. The Bertz CT molecular complexity index is 1210. The molecule has 212 valence electrons. The van der Waals surface area contributed by atoms with Crippen molar-refractivity contribution < 1.29 is 14.0 Å². The molecule has 0 radical (unpaired) electrons. The second kappa shape index (κ2) is 11.0. The Morgan fingerprint density at radius 2 is 1.87 bits per heavy atom. The molecule has 2 amide bonds. The van der Waals surface area contributed by atoms with E-state index in [0.29, 0.717) is 6.42 Å². The lowest BCUT2D eigenvalue weighted by molar-refractivity contribution is -0.140. The number of nitrogens with one attached hydrogen (secondary N) is 2. The standard InChI is InChI=1S/C28H41FN8O2/c29-19-16-31-26-23(25(30)34-37(26)17-19)27(39)33-24-21(35-14-15-36-20(18-35)8-7-9-22(36)38)10-13-32-28(24)11-5-3-1-2-4-6-12-28/h16-17,20-21,24,32H,1-15,18H2,(H2,30,34)(H,33,39). The van der Waals surface area contributed by atoms with Crippen molar-refractivity contribution in [3.63, 3.8) is 0 Å². The van der Waals surface area contributed by atoms with Crippen LogP contribution < -0.4 is 16.4 Å². The van der Waals surface area contributed by atoms with Crippen molar-refractivity contribution in [1.29, 1.82) is 0 Å². The second-order valence-electron chi connectivity index (χ2n) is 11.9. The number of hydrogen-bond acceptors (Lipinski definition) is 7. The summed E-state index contributed by atoms with van der Waals surface area (Å²) in [5.74, 6) is -0.533.